The van der Waals surface area contributed by atoms with Crippen molar-refractivity contribution in [3.8, 4) is 0 Å². The van der Waals surface area contributed by atoms with E-state index in [4.69, 9.17) is 0 Å². The molecule has 2 N–H and O–H groups in total. The van der Waals surface area contributed by atoms with Gasteiger partial charge in [-0.15, -0.1) is 0 Å². The fourth-order valence-electron chi connectivity index (χ4n) is 1.82. The summed E-state index contributed by atoms with van der Waals surface area (Å²) in [4.78, 5) is 0. The lowest BCUT2D eigenvalue weighted by Gasteiger charge is -2.07. The Balaban J connectivity index is 0.000000741. The van der Waals surface area contributed by atoms with E-state index < -0.39 is 0 Å². The average Bonchev–Trinajstić information content (AvgIpc) is 2.48. The topological polar surface area (TPSA) is 26.0 Å². The zero-order valence-electron chi connectivity index (χ0n) is 12.9. The molecule has 0 radical (unpaired) electrons. The normalized spacial score (nSPS) is 8.74. The van der Waals surface area contributed by atoms with Crippen LogP contribution in [0.1, 0.15) is 36.1 Å². The first kappa shape index (κ1) is 17.4. The second kappa shape index (κ2) is 10.3. The van der Waals surface area contributed by atoms with Gasteiger partial charge in [0.1, 0.15) is 0 Å². The molecule has 0 saturated carbocycles. The third-order valence-electron chi connectivity index (χ3n) is 2.90. The molecule has 2 aromatic rings. The largest absolute Gasteiger partial charge is 0.333 e. The van der Waals surface area contributed by atoms with E-state index in [1.54, 1.807) is 0 Å². The predicted molar refractivity (Wildman–Crippen MR) is 86.6 cm³/mol. The van der Waals surface area contributed by atoms with Crippen molar-refractivity contribution in [3.63, 3.8) is 0 Å². The minimum atomic E-state index is 1.04. The highest BCUT2D eigenvalue weighted by Gasteiger charge is 2.01. The number of hydrogen-bond acceptors (Lipinski definition) is 1. The van der Waals surface area contributed by atoms with Crippen LogP contribution in [0.5, 0.6) is 0 Å². The van der Waals surface area contributed by atoms with Gasteiger partial charge in [0.05, 0.1) is 0 Å². The predicted octanol–water partition coefficient (Wildman–Crippen LogP) is 4.50. The molecule has 0 fully saturated rings. The van der Waals surface area contributed by atoms with Gasteiger partial charge in [-0.3, -0.25) is 0 Å². The Labute approximate surface area is 118 Å². The molecule has 0 heterocycles. The summed E-state index contributed by atoms with van der Waals surface area (Å²) in [5.41, 5.74) is 10.1. The molecule has 0 spiro atoms. The Kier molecular flexibility index (Phi) is 9.46. The van der Waals surface area contributed by atoms with Gasteiger partial charge in [-0.25, -0.2) is 0 Å². The van der Waals surface area contributed by atoms with Crippen LogP contribution in [0.25, 0.3) is 0 Å². The highest BCUT2D eigenvalue weighted by atomic mass is 14.4. The van der Waals surface area contributed by atoms with Gasteiger partial charge in [0.15, 0.2) is 0 Å². The van der Waals surface area contributed by atoms with E-state index in [1.807, 2.05) is 13.8 Å². The highest BCUT2D eigenvalue weighted by Crippen LogP contribution is 2.16. The molecule has 104 valence electrons. The summed E-state index contributed by atoms with van der Waals surface area (Å²) in [6, 6.07) is 17.2. The number of nitrogens with two attached hydrogens (primary N) is 1. The molecule has 0 amide bonds. The van der Waals surface area contributed by atoms with Gasteiger partial charge < -0.3 is 5.73 Å². The molecular formula is C18H27N. The van der Waals surface area contributed by atoms with Crippen molar-refractivity contribution >= 4 is 0 Å². The van der Waals surface area contributed by atoms with Gasteiger partial charge in [0.2, 0.25) is 0 Å². The first-order chi connectivity index (χ1) is 9.27. The number of rotatable bonds is 2. The summed E-state index contributed by atoms with van der Waals surface area (Å²) in [6.45, 7) is 8.35. The molecule has 2 rings (SSSR count). The number of hydrogen-bond donors (Lipinski definition) is 1. The lowest BCUT2D eigenvalue weighted by Crippen LogP contribution is -1.93. The molecule has 0 aromatic heterocycles. The Hall–Kier alpha value is -1.60. The van der Waals surface area contributed by atoms with Gasteiger partial charge in [-0.05, 0) is 49.6 Å². The van der Waals surface area contributed by atoms with Crippen LogP contribution in [0, 0.1) is 13.8 Å². The molecule has 1 nitrogen and oxygen atoms in total. The van der Waals surface area contributed by atoms with Gasteiger partial charge in [0, 0.05) is 0 Å². The monoisotopic (exact) mass is 257 g/mol. The van der Waals surface area contributed by atoms with E-state index in [0.717, 1.165) is 6.42 Å². The zero-order chi connectivity index (χ0) is 14.7. The fourth-order valence-corrected chi connectivity index (χ4v) is 1.82. The van der Waals surface area contributed by atoms with Gasteiger partial charge >= 0.3 is 0 Å². The number of benzene rings is 2. The van der Waals surface area contributed by atoms with Gasteiger partial charge in [0.25, 0.3) is 0 Å². The summed E-state index contributed by atoms with van der Waals surface area (Å²) in [5, 5.41) is 0. The Morgan fingerprint density at radius 1 is 0.684 bits per heavy atom. The summed E-state index contributed by atoms with van der Waals surface area (Å²) in [6.07, 6.45) is 1.04. The maximum atomic E-state index is 4.50. The molecule has 0 unspecified atom stereocenters. The second-order valence-corrected chi connectivity index (χ2v) is 4.03. The van der Waals surface area contributed by atoms with Crippen LogP contribution in [-0.4, -0.2) is 7.05 Å². The summed E-state index contributed by atoms with van der Waals surface area (Å²) in [7, 11) is 1.50. The lowest BCUT2D eigenvalue weighted by molar-refractivity contribution is 1.13. The quantitative estimate of drug-likeness (QED) is 0.842. The van der Waals surface area contributed by atoms with Crippen LogP contribution in [0.4, 0.5) is 0 Å². The van der Waals surface area contributed by atoms with Crippen LogP contribution in [0.2, 0.25) is 0 Å². The molecule has 0 aliphatic rings. The minimum absolute atomic E-state index is 1.04. The summed E-state index contributed by atoms with van der Waals surface area (Å²) in [5.74, 6) is 0. The van der Waals surface area contributed by atoms with Crippen LogP contribution < -0.4 is 5.73 Å². The number of aryl methyl sites for hydroxylation is 2. The third-order valence-corrected chi connectivity index (χ3v) is 2.90. The van der Waals surface area contributed by atoms with E-state index in [2.05, 4.69) is 68.1 Å². The summed E-state index contributed by atoms with van der Waals surface area (Å²) < 4.78 is 0. The van der Waals surface area contributed by atoms with Crippen LogP contribution in [0.3, 0.4) is 0 Å². The molecule has 0 atom stereocenters. The summed E-state index contributed by atoms with van der Waals surface area (Å²) >= 11 is 0. The van der Waals surface area contributed by atoms with E-state index in [1.165, 1.54) is 29.3 Å². The van der Waals surface area contributed by atoms with Crippen molar-refractivity contribution in [1.82, 2.24) is 0 Å². The van der Waals surface area contributed by atoms with Crippen molar-refractivity contribution in [2.75, 3.05) is 7.05 Å². The van der Waals surface area contributed by atoms with E-state index >= 15 is 0 Å². The molecule has 19 heavy (non-hydrogen) atoms. The van der Waals surface area contributed by atoms with Gasteiger partial charge in [-0.1, -0.05) is 62.4 Å². The van der Waals surface area contributed by atoms with Crippen molar-refractivity contribution in [1.29, 1.82) is 0 Å². The SMILES string of the molecule is CC.CN.Cc1ccccc1Cc1ccccc1C. The molecule has 0 saturated heterocycles. The third kappa shape index (κ3) is 5.71. The molecule has 1 heteroatoms. The first-order valence-corrected chi connectivity index (χ1v) is 6.94. The zero-order valence-corrected chi connectivity index (χ0v) is 12.9. The van der Waals surface area contributed by atoms with Crippen LogP contribution in [0.15, 0.2) is 48.5 Å². The Morgan fingerprint density at radius 2 is 1.00 bits per heavy atom. The van der Waals surface area contributed by atoms with E-state index in [9.17, 15) is 0 Å². The van der Waals surface area contributed by atoms with E-state index in [0.29, 0.717) is 0 Å². The molecule has 0 bridgehead atoms. The first-order valence-electron chi connectivity index (χ1n) is 6.94. The molecule has 0 aliphatic heterocycles. The van der Waals surface area contributed by atoms with Crippen LogP contribution in [-0.2, 0) is 6.42 Å². The van der Waals surface area contributed by atoms with Crippen molar-refractivity contribution in [3.05, 3.63) is 70.8 Å². The van der Waals surface area contributed by atoms with Crippen molar-refractivity contribution < 1.29 is 0 Å². The highest BCUT2D eigenvalue weighted by molar-refractivity contribution is 5.35. The lowest BCUT2D eigenvalue weighted by atomic mass is 9.98. The van der Waals surface area contributed by atoms with Crippen LogP contribution >= 0.6 is 0 Å². The van der Waals surface area contributed by atoms with E-state index in [-0.39, 0.29) is 0 Å². The molecule has 0 aliphatic carbocycles. The average molecular weight is 257 g/mol. The van der Waals surface area contributed by atoms with Crippen molar-refractivity contribution in [2.24, 2.45) is 5.73 Å². The maximum absolute atomic E-state index is 4.50. The standard InChI is InChI=1S/C15H16.C2H6.CH5N/c1-12-7-3-5-9-14(12)11-15-10-6-4-8-13(15)2;2*1-2/h3-10H,11H2,1-2H3;1-2H3;2H2,1H3. The maximum Gasteiger partial charge on any atom is -0.00205 e. The molecule has 2 aromatic carbocycles. The smallest absolute Gasteiger partial charge is 0.00205 e. The second-order valence-electron chi connectivity index (χ2n) is 4.03. The molecular weight excluding hydrogens is 230 g/mol. The minimum Gasteiger partial charge on any atom is -0.333 e. The Bertz CT molecular complexity index is 417. The van der Waals surface area contributed by atoms with Gasteiger partial charge in [-0.2, -0.15) is 0 Å². The van der Waals surface area contributed by atoms with Crippen molar-refractivity contribution in [2.45, 2.75) is 34.1 Å². The Morgan fingerprint density at radius 3 is 1.32 bits per heavy atom. The fraction of sp³-hybridized carbons (Fsp3) is 0.333.